The fourth-order valence-corrected chi connectivity index (χ4v) is 1.65. The van der Waals surface area contributed by atoms with Gasteiger partial charge in [0.1, 0.15) is 5.75 Å². The minimum absolute atomic E-state index is 0.242. The van der Waals surface area contributed by atoms with Crippen molar-refractivity contribution in [2.45, 2.75) is 13.3 Å². The summed E-state index contributed by atoms with van der Waals surface area (Å²) in [5.41, 5.74) is 5.64. The molecule has 2 N–H and O–H groups in total. The lowest BCUT2D eigenvalue weighted by Gasteiger charge is -2.09. The molecule has 0 radical (unpaired) electrons. The van der Waals surface area contributed by atoms with Crippen molar-refractivity contribution in [1.82, 2.24) is 15.4 Å². The molecule has 0 aliphatic carbocycles. The predicted molar refractivity (Wildman–Crippen MR) is 81.9 cm³/mol. The molecule has 0 aliphatic rings. The molecule has 0 atom stereocenters. The number of amides is 1. The van der Waals surface area contributed by atoms with Crippen LogP contribution in [0.5, 0.6) is 11.6 Å². The standard InChI is InChI=1S/C15H18N4O3/c1-3-9-22-12-6-4-5-11(10-12)14(20)18-19-15-16-8-7-13(17-15)21-2/h4-8,10H,3,9H2,1-2H3,(H,18,20)(H,16,17,19). The second kappa shape index (κ2) is 7.82. The molecule has 0 fully saturated rings. The average molecular weight is 302 g/mol. The first-order valence-electron chi connectivity index (χ1n) is 6.89. The van der Waals surface area contributed by atoms with Gasteiger partial charge in [0.25, 0.3) is 5.91 Å². The van der Waals surface area contributed by atoms with E-state index in [0.717, 1.165) is 6.42 Å². The lowest BCUT2D eigenvalue weighted by Crippen LogP contribution is -2.30. The van der Waals surface area contributed by atoms with Crippen LogP contribution in [-0.2, 0) is 0 Å². The van der Waals surface area contributed by atoms with E-state index in [1.54, 1.807) is 24.3 Å². The smallest absolute Gasteiger partial charge is 0.269 e. The van der Waals surface area contributed by atoms with Gasteiger partial charge in [0.15, 0.2) is 0 Å². The van der Waals surface area contributed by atoms with Crippen molar-refractivity contribution in [2.24, 2.45) is 0 Å². The van der Waals surface area contributed by atoms with Crippen LogP contribution >= 0.6 is 0 Å². The second-order valence-corrected chi connectivity index (χ2v) is 4.38. The second-order valence-electron chi connectivity index (χ2n) is 4.38. The van der Waals surface area contributed by atoms with Crippen molar-refractivity contribution in [1.29, 1.82) is 0 Å². The van der Waals surface area contributed by atoms with Crippen LogP contribution in [0.25, 0.3) is 0 Å². The number of hydrogen-bond donors (Lipinski definition) is 2. The zero-order chi connectivity index (χ0) is 15.8. The van der Waals surface area contributed by atoms with Gasteiger partial charge in [0, 0.05) is 17.8 Å². The number of methoxy groups -OCH3 is 1. The highest BCUT2D eigenvalue weighted by atomic mass is 16.5. The van der Waals surface area contributed by atoms with Gasteiger partial charge in [-0.15, -0.1) is 0 Å². The number of aromatic nitrogens is 2. The van der Waals surface area contributed by atoms with Crippen molar-refractivity contribution in [3.63, 3.8) is 0 Å². The Hall–Kier alpha value is -2.83. The summed E-state index contributed by atoms with van der Waals surface area (Å²) in [7, 11) is 1.51. The molecule has 1 amide bonds. The summed E-state index contributed by atoms with van der Waals surface area (Å²) in [6.07, 6.45) is 2.44. The first-order chi connectivity index (χ1) is 10.7. The Bertz CT molecular complexity index is 634. The SMILES string of the molecule is CCCOc1cccc(C(=O)NNc2nccc(OC)n2)c1. The van der Waals surface area contributed by atoms with Crippen molar-refractivity contribution < 1.29 is 14.3 Å². The highest BCUT2D eigenvalue weighted by molar-refractivity contribution is 5.95. The molecule has 2 rings (SSSR count). The first-order valence-corrected chi connectivity index (χ1v) is 6.89. The summed E-state index contributed by atoms with van der Waals surface area (Å²) in [4.78, 5) is 20.1. The van der Waals surface area contributed by atoms with Gasteiger partial charge in [0.2, 0.25) is 11.8 Å². The molecule has 7 nitrogen and oxygen atoms in total. The van der Waals surface area contributed by atoms with Gasteiger partial charge in [-0.05, 0) is 24.6 Å². The molecule has 0 unspecified atom stereocenters. The average Bonchev–Trinajstić information content (AvgIpc) is 2.58. The third-order valence-electron chi connectivity index (χ3n) is 2.70. The summed E-state index contributed by atoms with van der Waals surface area (Å²) in [5.74, 6) is 0.994. The number of hydrazine groups is 1. The van der Waals surface area contributed by atoms with E-state index in [4.69, 9.17) is 9.47 Å². The molecule has 7 heteroatoms. The quantitative estimate of drug-likeness (QED) is 0.761. The van der Waals surface area contributed by atoms with E-state index in [2.05, 4.69) is 20.8 Å². The van der Waals surface area contributed by atoms with E-state index in [9.17, 15) is 4.79 Å². The predicted octanol–water partition coefficient (Wildman–Crippen LogP) is 2.03. The molecular weight excluding hydrogens is 284 g/mol. The molecule has 116 valence electrons. The summed E-state index contributed by atoms with van der Waals surface area (Å²) in [6.45, 7) is 2.63. The van der Waals surface area contributed by atoms with E-state index in [1.165, 1.54) is 13.3 Å². The summed E-state index contributed by atoms with van der Waals surface area (Å²) < 4.78 is 10.5. The molecule has 2 aromatic rings. The van der Waals surface area contributed by atoms with Crippen LogP contribution in [0.3, 0.4) is 0 Å². The Morgan fingerprint density at radius 2 is 2.18 bits per heavy atom. The molecule has 0 bridgehead atoms. The lowest BCUT2D eigenvalue weighted by atomic mass is 10.2. The van der Waals surface area contributed by atoms with Crippen LogP contribution < -0.4 is 20.3 Å². The Morgan fingerprint density at radius 3 is 2.95 bits per heavy atom. The van der Waals surface area contributed by atoms with E-state index in [-0.39, 0.29) is 11.9 Å². The monoisotopic (exact) mass is 302 g/mol. The van der Waals surface area contributed by atoms with Gasteiger partial charge in [-0.2, -0.15) is 4.98 Å². The topological polar surface area (TPSA) is 85.4 Å². The third kappa shape index (κ3) is 4.34. The van der Waals surface area contributed by atoms with Crippen molar-refractivity contribution in [3.05, 3.63) is 42.1 Å². The summed E-state index contributed by atoms with van der Waals surface area (Å²) in [6, 6.07) is 8.57. The minimum atomic E-state index is -0.312. The Kier molecular flexibility index (Phi) is 5.53. The van der Waals surface area contributed by atoms with E-state index in [1.807, 2.05) is 13.0 Å². The molecule has 1 aromatic carbocycles. The van der Waals surface area contributed by atoms with Crippen molar-refractivity contribution in [3.8, 4) is 11.6 Å². The number of hydrogen-bond acceptors (Lipinski definition) is 6. The highest BCUT2D eigenvalue weighted by Gasteiger charge is 2.07. The van der Waals surface area contributed by atoms with Crippen molar-refractivity contribution >= 4 is 11.9 Å². The summed E-state index contributed by atoms with van der Waals surface area (Å²) >= 11 is 0. The van der Waals surface area contributed by atoms with Crippen LogP contribution in [0.1, 0.15) is 23.7 Å². The van der Waals surface area contributed by atoms with Gasteiger partial charge >= 0.3 is 0 Å². The van der Waals surface area contributed by atoms with Crippen LogP contribution in [0.2, 0.25) is 0 Å². The third-order valence-corrected chi connectivity index (χ3v) is 2.70. The molecular formula is C15H18N4O3. The van der Waals surface area contributed by atoms with Crippen LogP contribution in [0.15, 0.2) is 36.5 Å². The normalized spacial score (nSPS) is 9.91. The van der Waals surface area contributed by atoms with Gasteiger partial charge in [-0.25, -0.2) is 4.98 Å². The Balaban J connectivity index is 1.96. The zero-order valence-electron chi connectivity index (χ0n) is 12.5. The minimum Gasteiger partial charge on any atom is -0.494 e. The van der Waals surface area contributed by atoms with Crippen LogP contribution in [0.4, 0.5) is 5.95 Å². The number of carbonyl (C=O) groups is 1. The number of benzene rings is 1. The maximum atomic E-state index is 12.1. The number of carbonyl (C=O) groups excluding carboxylic acids is 1. The van der Waals surface area contributed by atoms with Crippen LogP contribution in [-0.4, -0.2) is 29.6 Å². The van der Waals surface area contributed by atoms with E-state index >= 15 is 0 Å². The fraction of sp³-hybridized carbons (Fsp3) is 0.267. The Labute approximate surface area is 128 Å². The molecule has 22 heavy (non-hydrogen) atoms. The van der Waals surface area contributed by atoms with E-state index in [0.29, 0.717) is 23.8 Å². The van der Waals surface area contributed by atoms with Gasteiger partial charge in [-0.3, -0.25) is 15.6 Å². The Morgan fingerprint density at radius 1 is 1.32 bits per heavy atom. The molecule has 0 saturated carbocycles. The maximum Gasteiger partial charge on any atom is 0.269 e. The van der Waals surface area contributed by atoms with Gasteiger partial charge in [0.05, 0.1) is 13.7 Å². The zero-order valence-corrected chi connectivity index (χ0v) is 12.5. The molecule has 0 spiro atoms. The number of nitrogens with one attached hydrogen (secondary N) is 2. The molecule has 0 saturated heterocycles. The maximum absolute atomic E-state index is 12.1. The van der Waals surface area contributed by atoms with Crippen LogP contribution in [0, 0.1) is 0 Å². The molecule has 0 aliphatic heterocycles. The summed E-state index contributed by atoms with van der Waals surface area (Å²) in [5, 5.41) is 0. The highest BCUT2D eigenvalue weighted by Crippen LogP contribution is 2.13. The van der Waals surface area contributed by atoms with E-state index < -0.39 is 0 Å². The number of ether oxygens (including phenoxy) is 2. The molecule has 1 aromatic heterocycles. The number of nitrogens with zero attached hydrogens (tertiary/aromatic N) is 2. The number of rotatable bonds is 7. The molecule has 1 heterocycles. The first kappa shape index (κ1) is 15.6. The fourth-order valence-electron chi connectivity index (χ4n) is 1.65. The lowest BCUT2D eigenvalue weighted by molar-refractivity contribution is 0.0961. The van der Waals surface area contributed by atoms with Gasteiger partial charge in [-0.1, -0.05) is 13.0 Å². The number of anilines is 1. The van der Waals surface area contributed by atoms with Gasteiger partial charge < -0.3 is 9.47 Å². The largest absolute Gasteiger partial charge is 0.494 e. The van der Waals surface area contributed by atoms with Crippen molar-refractivity contribution in [2.75, 3.05) is 19.1 Å².